The summed E-state index contributed by atoms with van der Waals surface area (Å²) in [5, 5.41) is 0. The average molecular weight is 405 g/mol. The van der Waals surface area contributed by atoms with Gasteiger partial charge in [-0.05, 0) is 61.7 Å². The van der Waals surface area contributed by atoms with Gasteiger partial charge in [0.1, 0.15) is 5.75 Å². The summed E-state index contributed by atoms with van der Waals surface area (Å²) in [5.74, 6) is 1.15. The van der Waals surface area contributed by atoms with Crippen molar-refractivity contribution in [2.24, 2.45) is 5.92 Å². The summed E-state index contributed by atoms with van der Waals surface area (Å²) < 4.78 is 7.47. The largest absolute Gasteiger partial charge is 0.497 e. The molecule has 0 spiro atoms. The van der Waals surface area contributed by atoms with Crippen LogP contribution in [0.5, 0.6) is 5.75 Å². The van der Waals surface area contributed by atoms with Crippen LogP contribution in [0.3, 0.4) is 0 Å². The van der Waals surface area contributed by atoms with Crippen LogP contribution >= 0.6 is 0 Å². The number of hydrogen-bond acceptors (Lipinski definition) is 2. The van der Waals surface area contributed by atoms with Crippen molar-refractivity contribution >= 4 is 5.91 Å². The van der Waals surface area contributed by atoms with Crippen LogP contribution < -0.4 is 4.74 Å². The Hall–Kier alpha value is -3.01. The molecule has 4 heteroatoms. The van der Waals surface area contributed by atoms with E-state index in [1.807, 2.05) is 29.2 Å². The van der Waals surface area contributed by atoms with Crippen LogP contribution in [0.1, 0.15) is 48.0 Å². The van der Waals surface area contributed by atoms with E-state index in [1.165, 1.54) is 11.1 Å². The lowest BCUT2D eigenvalue weighted by Gasteiger charge is -2.32. The van der Waals surface area contributed by atoms with E-state index in [0.717, 1.165) is 18.0 Å². The van der Waals surface area contributed by atoms with Gasteiger partial charge in [-0.1, -0.05) is 43.7 Å². The Kier molecular flexibility index (Phi) is 6.99. The lowest BCUT2D eigenvalue weighted by atomic mass is 10.0. The van der Waals surface area contributed by atoms with E-state index in [1.54, 1.807) is 7.11 Å². The summed E-state index contributed by atoms with van der Waals surface area (Å²) in [6.45, 7) is 9.92. The highest BCUT2D eigenvalue weighted by Gasteiger charge is 2.25. The van der Waals surface area contributed by atoms with E-state index in [4.69, 9.17) is 4.74 Å². The third-order valence-corrected chi connectivity index (χ3v) is 5.75. The quantitative estimate of drug-likeness (QED) is 0.494. The molecule has 0 aliphatic carbocycles. The molecule has 2 aromatic carbocycles. The minimum absolute atomic E-state index is 0.0437. The molecule has 0 N–H and O–H groups in total. The highest BCUT2D eigenvalue weighted by atomic mass is 16.5. The number of methoxy groups -OCH3 is 1. The summed E-state index contributed by atoms with van der Waals surface area (Å²) in [5.41, 5.74) is 4.33. The van der Waals surface area contributed by atoms with E-state index in [2.05, 4.69) is 74.9 Å². The molecule has 0 saturated carbocycles. The first-order valence-corrected chi connectivity index (χ1v) is 10.5. The number of nitrogens with zero attached hydrogens (tertiary/aromatic N) is 2. The Morgan fingerprint density at radius 3 is 2.40 bits per heavy atom. The van der Waals surface area contributed by atoms with Gasteiger partial charge < -0.3 is 14.2 Å². The summed E-state index contributed by atoms with van der Waals surface area (Å²) in [7, 11) is 1.63. The molecule has 1 heterocycles. The second-order valence-corrected chi connectivity index (χ2v) is 8.26. The number of carbonyl (C=O) groups is 1. The van der Waals surface area contributed by atoms with Crippen molar-refractivity contribution in [3.63, 3.8) is 0 Å². The molecular formula is C26H32N2O2. The summed E-state index contributed by atoms with van der Waals surface area (Å²) in [6.07, 6.45) is 2.09. The van der Waals surface area contributed by atoms with E-state index >= 15 is 0 Å². The minimum atomic E-state index is 0.0437. The van der Waals surface area contributed by atoms with E-state index in [0.29, 0.717) is 18.0 Å². The van der Waals surface area contributed by atoms with Gasteiger partial charge in [0.2, 0.25) is 0 Å². The Labute approximate surface area is 180 Å². The van der Waals surface area contributed by atoms with Crippen LogP contribution in [0.4, 0.5) is 0 Å². The number of benzene rings is 2. The SMILES string of the molecule is COc1ccc(C(=O)N(Cc2cccn2Cc2cccc(C)c2)[C@@H](C)C(C)C)cc1. The van der Waals surface area contributed by atoms with Gasteiger partial charge in [0.05, 0.1) is 13.7 Å². The number of carbonyl (C=O) groups excluding carboxylic acids is 1. The molecule has 0 bridgehead atoms. The molecule has 0 saturated heterocycles. The zero-order valence-electron chi connectivity index (χ0n) is 18.6. The second kappa shape index (κ2) is 9.66. The first-order valence-electron chi connectivity index (χ1n) is 10.5. The topological polar surface area (TPSA) is 34.5 Å². The van der Waals surface area contributed by atoms with Crippen LogP contribution in [0.2, 0.25) is 0 Å². The van der Waals surface area contributed by atoms with Gasteiger partial charge in [-0.3, -0.25) is 4.79 Å². The minimum Gasteiger partial charge on any atom is -0.497 e. The number of ether oxygens (including phenoxy) is 1. The summed E-state index contributed by atoms with van der Waals surface area (Å²) in [6, 6.07) is 20.2. The fraction of sp³-hybridized carbons (Fsp3) is 0.346. The van der Waals surface area contributed by atoms with E-state index in [-0.39, 0.29) is 11.9 Å². The molecule has 0 radical (unpaired) electrons. The highest BCUT2D eigenvalue weighted by Crippen LogP contribution is 2.21. The molecule has 3 rings (SSSR count). The first-order chi connectivity index (χ1) is 14.4. The fourth-order valence-corrected chi connectivity index (χ4v) is 3.59. The maximum atomic E-state index is 13.4. The Bertz CT molecular complexity index is 973. The van der Waals surface area contributed by atoms with Crippen molar-refractivity contribution in [3.8, 4) is 5.75 Å². The molecule has 1 atom stereocenters. The smallest absolute Gasteiger partial charge is 0.254 e. The van der Waals surface area contributed by atoms with E-state index in [9.17, 15) is 4.79 Å². The molecule has 3 aromatic rings. The van der Waals surface area contributed by atoms with Gasteiger partial charge >= 0.3 is 0 Å². The van der Waals surface area contributed by atoms with Crippen molar-refractivity contribution in [3.05, 3.63) is 89.2 Å². The molecular weight excluding hydrogens is 372 g/mol. The number of hydrogen-bond donors (Lipinski definition) is 0. The fourth-order valence-electron chi connectivity index (χ4n) is 3.59. The molecule has 0 aliphatic rings. The van der Waals surface area contributed by atoms with Crippen LogP contribution in [0, 0.1) is 12.8 Å². The summed E-state index contributed by atoms with van der Waals surface area (Å²) >= 11 is 0. The molecule has 0 aliphatic heterocycles. The monoisotopic (exact) mass is 404 g/mol. The van der Waals surface area contributed by atoms with Crippen molar-refractivity contribution in [1.82, 2.24) is 9.47 Å². The lowest BCUT2D eigenvalue weighted by Crippen LogP contribution is -2.41. The van der Waals surface area contributed by atoms with Crippen LogP contribution in [-0.2, 0) is 13.1 Å². The van der Waals surface area contributed by atoms with E-state index < -0.39 is 0 Å². The standard InChI is InChI=1S/C26H32N2O2/c1-19(2)21(4)28(26(29)23-11-13-25(30-5)14-12-23)18-24-10-7-15-27(24)17-22-9-6-8-20(3)16-22/h6-16,19,21H,17-18H2,1-5H3/t21-/m0/s1. The average Bonchev–Trinajstić information content (AvgIpc) is 3.17. The number of amides is 1. The third-order valence-electron chi connectivity index (χ3n) is 5.75. The Morgan fingerprint density at radius 2 is 1.77 bits per heavy atom. The van der Waals surface area contributed by atoms with Crippen molar-refractivity contribution in [2.45, 2.75) is 46.8 Å². The molecule has 158 valence electrons. The third kappa shape index (κ3) is 5.12. The highest BCUT2D eigenvalue weighted by molar-refractivity contribution is 5.94. The zero-order chi connectivity index (χ0) is 21.7. The molecule has 1 amide bonds. The van der Waals surface area contributed by atoms with Crippen LogP contribution in [0.15, 0.2) is 66.9 Å². The normalized spacial score (nSPS) is 12.1. The van der Waals surface area contributed by atoms with Crippen molar-refractivity contribution in [1.29, 1.82) is 0 Å². The van der Waals surface area contributed by atoms with Crippen LogP contribution in [-0.4, -0.2) is 28.5 Å². The second-order valence-electron chi connectivity index (χ2n) is 8.26. The molecule has 30 heavy (non-hydrogen) atoms. The zero-order valence-corrected chi connectivity index (χ0v) is 18.6. The van der Waals surface area contributed by atoms with Gasteiger partial charge in [0.15, 0.2) is 0 Å². The number of aromatic nitrogens is 1. The van der Waals surface area contributed by atoms with Gasteiger partial charge in [0, 0.05) is 30.0 Å². The summed E-state index contributed by atoms with van der Waals surface area (Å²) in [4.78, 5) is 15.4. The number of aryl methyl sites for hydroxylation is 1. The maximum Gasteiger partial charge on any atom is 0.254 e. The van der Waals surface area contributed by atoms with Gasteiger partial charge in [-0.15, -0.1) is 0 Å². The molecule has 0 unspecified atom stereocenters. The van der Waals surface area contributed by atoms with Crippen molar-refractivity contribution in [2.75, 3.05) is 7.11 Å². The Balaban J connectivity index is 1.85. The van der Waals surface area contributed by atoms with Gasteiger partial charge in [-0.2, -0.15) is 0 Å². The van der Waals surface area contributed by atoms with Crippen molar-refractivity contribution < 1.29 is 9.53 Å². The van der Waals surface area contributed by atoms with Crippen LogP contribution in [0.25, 0.3) is 0 Å². The number of rotatable bonds is 8. The molecule has 1 aromatic heterocycles. The lowest BCUT2D eigenvalue weighted by molar-refractivity contribution is 0.0622. The van der Waals surface area contributed by atoms with Gasteiger partial charge in [0.25, 0.3) is 5.91 Å². The predicted octanol–water partition coefficient (Wildman–Crippen LogP) is 5.54. The first kappa shape index (κ1) is 21.7. The molecule has 4 nitrogen and oxygen atoms in total. The molecule has 0 fully saturated rings. The Morgan fingerprint density at radius 1 is 1.03 bits per heavy atom. The predicted molar refractivity (Wildman–Crippen MR) is 122 cm³/mol. The van der Waals surface area contributed by atoms with Gasteiger partial charge in [-0.25, -0.2) is 0 Å². The maximum absolute atomic E-state index is 13.4.